The molecule has 0 fully saturated rings. The molecule has 0 aliphatic heterocycles. The topological polar surface area (TPSA) is 83.1 Å². The molecule has 6 heteroatoms. The van der Waals surface area contributed by atoms with Gasteiger partial charge in [0.05, 0.1) is 5.56 Å². The van der Waals surface area contributed by atoms with Crippen molar-refractivity contribution in [2.24, 2.45) is 0 Å². The summed E-state index contributed by atoms with van der Waals surface area (Å²) in [5.74, 6) is 0.449. The summed E-state index contributed by atoms with van der Waals surface area (Å²) in [6.45, 7) is 5.53. The highest BCUT2D eigenvalue weighted by atomic mass is 16.2. The SMILES string of the molecule is CCNC(=O)CCNC(=O)c1ccc(NCC)nc1. The molecule has 0 aromatic carbocycles. The second-order valence-electron chi connectivity index (χ2n) is 3.92. The van der Waals surface area contributed by atoms with Crippen LogP contribution in [0.15, 0.2) is 18.3 Å². The monoisotopic (exact) mass is 264 g/mol. The van der Waals surface area contributed by atoms with Gasteiger partial charge in [-0.25, -0.2) is 4.98 Å². The molecule has 0 aliphatic rings. The first kappa shape index (κ1) is 14.9. The summed E-state index contributed by atoms with van der Waals surface area (Å²) in [7, 11) is 0. The lowest BCUT2D eigenvalue weighted by Crippen LogP contribution is -2.30. The van der Waals surface area contributed by atoms with Crippen LogP contribution in [0.3, 0.4) is 0 Å². The Morgan fingerprint density at radius 2 is 1.95 bits per heavy atom. The number of carbonyl (C=O) groups is 2. The Kier molecular flexibility index (Phi) is 6.35. The Morgan fingerprint density at radius 1 is 1.16 bits per heavy atom. The molecule has 0 saturated heterocycles. The molecule has 19 heavy (non-hydrogen) atoms. The summed E-state index contributed by atoms with van der Waals surface area (Å²) in [5.41, 5.74) is 0.484. The number of nitrogens with one attached hydrogen (secondary N) is 3. The van der Waals surface area contributed by atoms with Crippen LogP contribution in [0.5, 0.6) is 0 Å². The maximum absolute atomic E-state index is 11.7. The van der Waals surface area contributed by atoms with Crippen molar-refractivity contribution in [1.29, 1.82) is 0 Å². The third-order valence-corrected chi connectivity index (χ3v) is 2.40. The summed E-state index contributed by atoms with van der Waals surface area (Å²) in [6, 6.07) is 3.45. The van der Waals surface area contributed by atoms with Crippen molar-refractivity contribution in [2.75, 3.05) is 25.0 Å². The number of amides is 2. The first-order valence-corrected chi connectivity index (χ1v) is 6.42. The van der Waals surface area contributed by atoms with Gasteiger partial charge in [-0.2, -0.15) is 0 Å². The minimum absolute atomic E-state index is 0.0663. The van der Waals surface area contributed by atoms with Gasteiger partial charge >= 0.3 is 0 Å². The summed E-state index contributed by atoms with van der Waals surface area (Å²) >= 11 is 0. The van der Waals surface area contributed by atoms with Crippen molar-refractivity contribution < 1.29 is 9.59 Å². The molecule has 0 spiro atoms. The maximum Gasteiger partial charge on any atom is 0.252 e. The number of rotatable bonds is 7. The molecule has 1 rings (SSSR count). The van der Waals surface area contributed by atoms with E-state index in [0.717, 1.165) is 12.4 Å². The zero-order valence-electron chi connectivity index (χ0n) is 11.3. The number of nitrogens with zero attached hydrogens (tertiary/aromatic N) is 1. The van der Waals surface area contributed by atoms with Crippen molar-refractivity contribution in [3.63, 3.8) is 0 Å². The molecule has 0 saturated carbocycles. The van der Waals surface area contributed by atoms with Crippen LogP contribution in [0.25, 0.3) is 0 Å². The molecule has 6 nitrogen and oxygen atoms in total. The van der Waals surface area contributed by atoms with Gasteiger partial charge in [0, 0.05) is 32.3 Å². The van der Waals surface area contributed by atoms with Crippen LogP contribution in [-0.4, -0.2) is 36.4 Å². The van der Waals surface area contributed by atoms with Gasteiger partial charge in [-0.3, -0.25) is 9.59 Å². The zero-order chi connectivity index (χ0) is 14.1. The molecular weight excluding hydrogens is 244 g/mol. The van der Waals surface area contributed by atoms with Crippen molar-refractivity contribution >= 4 is 17.6 Å². The van der Waals surface area contributed by atoms with E-state index in [2.05, 4.69) is 20.9 Å². The van der Waals surface area contributed by atoms with Crippen molar-refractivity contribution in [3.8, 4) is 0 Å². The first-order valence-electron chi connectivity index (χ1n) is 6.42. The molecule has 0 unspecified atom stereocenters. The van der Waals surface area contributed by atoms with Crippen LogP contribution in [0.1, 0.15) is 30.6 Å². The molecule has 1 heterocycles. The molecule has 0 bridgehead atoms. The minimum Gasteiger partial charge on any atom is -0.370 e. The zero-order valence-corrected chi connectivity index (χ0v) is 11.3. The van der Waals surface area contributed by atoms with Crippen LogP contribution >= 0.6 is 0 Å². The number of pyridine rings is 1. The Balaban J connectivity index is 2.38. The number of anilines is 1. The second-order valence-corrected chi connectivity index (χ2v) is 3.92. The summed E-state index contributed by atoms with van der Waals surface area (Å²) < 4.78 is 0. The van der Waals surface area contributed by atoms with Gasteiger partial charge in [-0.1, -0.05) is 0 Å². The molecule has 104 valence electrons. The summed E-state index contributed by atoms with van der Waals surface area (Å²) in [6.07, 6.45) is 1.79. The van der Waals surface area contributed by atoms with Gasteiger partial charge in [-0.05, 0) is 26.0 Å². The fourth-order valence-electron chi connectivity index (χ4n) is 1.49. The first-order chi connectivity index (χ1) is 9.17. The van der Waals surface area contributed by atoms with E-state index in [1.165, 1.54) is 6.20 Å². The Hall–Kier alpha value is -2.11. The van der Waals surface area contributed by atoms with Crippen molar-refractivity contribution in [3.05, 3.63) is 23.9 Å². The maximum atomic E-state index is 11.7. The van der Waals surface area contributed by atoms with E-state index in [1.54, 1.807) is 12.1 Å². The molecule has 1 aromatic rings. The van der Waals surface area contributed by atoms with E-state index in [0.29, 0.717) is 18.7 Å². The fourth-order valence-corrected chi connectivity index (χ4v) is 1.49. The van der Waals surface area contributed by atoms with Crippen molar-refractivity contribution in [1.82, 2.24) is 15.6 Å². The average molecular weight is 264 g/mol. The predicted molar refractivity (Wildman–Crippen MR) is 74.0 cm³/mol. The number of aromatic nitrogens is 1. The van der Waals surface area contributed by atoms with Crippen LogP contribution < -0.4 is 16.0 Å². The molecule has 0 atom stereocenters. The summed E-state index contributed by atoms with van der Waals surface area (Å²) in [5, 5.41) is 8.40. The van der Waals surface area contributed by atoms with Gasteiger partial charge < -0.3 is 16.0 Å². The van der Waals surface area contributed by atoms with Crippen molar-refractivity contribution in [2.45, 2.75) is 20.3 Å². The highest BCUT2D eigenvalue weighted by molar-refractivity contribution is 5.94. The highest BCUT2D eigenvalue weighted by Crippen LogP contribution is 2.04. The fraction of sp³-hybridized carbons (Fsp3) is 0.462. The molecular formula is C13H20N4O2. The third kappa shape index (κ3) is 5.37. The largest absolute Gasteiger partial charge is 0.370 e. The molecule has 2 amide bonds. The van der Waals surface area contributed by atoms with Gasteiger partial charge in [0.25, 0.3) is 5.91 Å². The van der Waals surface area contributed by atoms with E-state index in [9.17, 15) is 9.59 Å². The van der Waals surface area contributed by atoms with E-state index in [-0.39, 0.29) is 18.2 Å². The lowest BCUT2D eigenvalue weighted by atomic mass is 10.2. The predicted octanol–water partition coefficient (Wildman–Crippen LogP) is 0.769. The Morgan fingerprint density at radius 3 is 2.53 bits per heavy atom. The summed E-state index contributed by atoms with van der Waals surface area (Å²) in [4.78, 5) is 27.1. The minimum atomic E-state index is -0.222. The highest BCUT2D eigenvalue weighted by Gasteiger charge is 2.06. The molecule has 1 aromatic heterocycles. The number of hydrogen-bond acceptors (Lipinski definition) is 4. The smallest absolute Gasteiger partial charge is 0.252 e. The van der Waals surface area contributed by atoms with Gasteiger partial charge in [-0.15, -0.1) is 0 Å². The lowest BCUT2D eigenvalue weighted by molar-refractivity contribution is -0.120. The average Bonchev–Trinajstić information content (AvgIpc) is 2.40. The Bertz CT molecular complexity index is 417. The van der Waals surface area contributed by atoms with Crippen LogP contribution in [-0.2, 0) is 4.79 Å². The van der Waals surface area contributed by atoms with E-state index in [1.807, 2.05) is 13.8 Å². The van der Waals surface area contributed by atoms with Gasteiger partial charge in [0.2, 0.25) is 5.91 Å². The van der Waals surface area contributed by atoms with Crippen LogP contribution in [0.4, 0.5) is 5.82 Å². The second kappa shape index (κ2) is 8.07. The lowest BCUT2D eigenvalue weighted by Gasteiger charge is -2.06. The molecule has 0 aliphatic carbocycles. The normalized spacial score (nSPS) is 9.79. The van der Waals surface area contributed by atoms with E-state index in [4.69, 9.17) is 0 Å². The quantitative estimate of drug-likeness (QED) is 0.679. The van der Waals surface area contributed by atoms with E-state index < -0.39 is 0 Å². The number of carbonyl (C=O) groups excluding carboxylic acids is 2. The van der Waals surface area contributed by atoms with E-state index >= 15 is 0 Å². The third-order valence-electron chi connectivity index (χ3n) is 2.40. The van der Waals surface area contributed by atoms with Gasteiger partial charge in [0.15, 0.2) is 0 Å². The van der Waals surface area contributed by atoms with Crippen LogP contribution in [0, 0.1) is 0 Å². The number of hydrogen-bond donors (Lipinski definition) is 3. The van der Waals surface area contributed by atoms with Crippen LogP contribution in [0.2, 0.25) is 0 Å². The Labute approximate surface area is 113 Å². The standard InChI is InChI=1S/C13H20N4O2/c1-3-14-11-6-5-10(9-17-11)13(19)16-8-7-12(18)15-4-2/h5-6,9H,3-4,7-8H2,1-2H3,(H,14,17)(H,15,18)(H,16,19). The van der Waals surface area contributed by atoms with Gasteiger partial charge in [0.1, 0.15) is 5.82 Å². The molecule has 3 N–H and O–H groups in total. The molecule has 0 radical (unpaired) electrons.